The molecule has 1 heteroatoms. The van der Waals surface area contributed by atoms with Crippen molar-refractivity contribution in [1.29, 1.82) is 0 Å². The molecule has 1 aromatic carbocycles. The normalized spacial score (nSPS) is 12.3. The standard InChI is InChI=1S/C20H22N/c1-5-16(2)19(20-13-9-10-14-21(20)4)15-17(3)18-11-7-6-8-12-18/h5-15H,3H2,1-2,4H3/q+1/b16-5-,19-15+. The van der Waals surface area contributed by atoms with Crippen LogP contribution >= 0.6 is 0 Å². The van der Waals surface area contributed by atoms with E-state index in [1.807, 2.05) is 24.3 Å². The van der Waals surface area contributed by atoms with Gasteiger partial charge in [0.2, 0.25) is 5.69 Å². The third-order valence-electron chi connectivity index (χ3n) is 3.65. The highest BCUT2D eigenvalue weighted by Gasteiger charge is 2.13. The van der Waals surface area contributed by atoms with Crippen molar-refractivity contribution in [2.75, 3.05) is 0 Å². The summed E-state index contributed by atoms with van der Waals surface area (Å²) >= 11 is 0. The number of aromatic nitrogens is 1. The van der Waals surface area contributed by atoms with Gasteiger partial charge in [0.05, 0.1) is 0 Å². The molecule has 0 aliphatic rings. The minimum atomic E-state index is 1.02. The molecule has 1 aromatic heterocycles. The zero-order chi connectivity index (χ0) is 15.2. The van der Waals surface area contributed by atoms with Gasteiger partial charge in [0.15, 0.2) is 6.20 Å². The van der Waals surface area contributed by atoms with Gasteiger partial charge in [-0.15, -0.1) is 0 Å². The summed E-state index contributed by atoms with van der Waals surface area (Å²) in [5.74, 6) is 0. The van der Waals surface area contributed by atoms with E-state index in [1.165, 1.54) is 16.8 Å². The zero-order valence-electron chi connectivity index (χ0n) is 13.0. The summed E-state index contributed by atoms with van der Waals surface area (Å²) in [4.78, 5) is 0. The monoisotopic (exact) mass is 276 g/mol. The van der Waals surface area contributed by atoms with Gasteiger partial charge in [-0.25, -0.2) is 4.57 Å². The number of hydrogen-bond acceptors (Lipinski definition) is 0. The molecule has 0 aliphatic heterocycles. The Hall–Kier alpha value is -2.41. The first-order valence-electron chi connectivity index (χ1n) is 7.18. The fourth-order valence-corrected chi connectivity index (χ4v) is 2.26. The van der Waals surface area contributed by atoms with Crippen molar-refractivity contribution in [2.24, 2.45) is 7.05 Å². The van der Waals surface area contributed by atoms with Crippen molar-refractivity contribution in [3.63, 3.8) is 0 Å². The van der Waals surface area contributed by atoms with Gasteiger partial charge in [0, 0.05) is 17.7 Å². The van der Waals surface area contributed by atoms with Crippen LogP contribution in [0.4, 0.5) is 0 Å². The molecular weight excluding hydrogens is 254 g/mol. The average Bonchev–Trinajstić information content (AvgIpc) is 2.53. The highest BCUT2D eigenvalue weighted by Crippen LogP contribution is 2.25. The molecule has 0 unspecified atom stereocenters. The summed E-state index contributed by atoms with van der Waals surface area (Å²) in [5.41, 5.74) is 5.81. The van der Waals surface area contributed by atoms with Gasteiger partial charge in [-0.2, -0.15) is 0 Å². The zero-order valence-corrected chi connectivity index (χ0v) is 13.0. The third kappa shape index (κ3) is 3.57. The Morgan fingerprint density at radius 3 is 2.33 bits per heavy atom. The van der Waals surface area contributed by atoms with E-state index in [-0.39, 0.29) is 0 Å². The Kier molecular flexibility index (Phi) is 4.89. The van der Waals surface area contributed by atoms with Crippen LogP contribution in [0.25, 0.3) is 11.1 Å². The second kappa shape index (κ2) is 6.85. The number of aryl methyl sites for hydroxylation is 1. The molecule has 0 aliphatic carbocycles. The van der Waals surface area contributed by atoms with Crippen LogP contribution in [-0.2, 0) is 7.05 Å². The van der Waals surface area contributed by atoms with Gasteiger partial charge in [-0.05, 0) is 42.7 Å². The van der Waals surface area contributed by atoms with E-state index < -0.39 is 0 Å². The van der Waals surface area contributed by atoms with E-state index in [1.54, 1.807) is 0 Å². The van der Waals surface area contributed by atoms with E-state index in [0.29, 0.717) is 0 Å². The lowest BCUT2D eigenvalue weighted by Crippen LogP contribution is -2.32. The minimum absolute atomic E-state index is 1.02. The van der Waals surface area contributed by atoms with Gasteiger partial charge in [-0.3, -0.25) is 0 Å². The Morgan fingerprint density at radius 1 is 1.05 bits per heavy atom. The van der Waals surface area contributed by atoms with Gasteiger partial charge >= 0.3 is 0 Å². The summed E-state index contributed by atoms with van der Waals surface area (Å²) in [7, 11) is 2.07. The first-order valence-corrected chi connectivity index (χ1v) is 7.18. The van der Waals surface area contributed by atoms with Crippen molar-refractivity contribution in [2.45, 2.75) is 13.8 Å². The fraction of sp³-hybridized carbons (Fsp3) is 0.150. The van der Waals surface area contributed by atoms with E-state index in [0.717, 1.165) is 11.1 Å². The maximum absolute atomic E-state index is 4.22. The number of nitrogens with zero attached hydrogens (tertiary/aromatic N) is 1. The van der Waals surface area contributed by atoms with Crippen molar-refractivity contribution >= 4 is 11.1 Å². The Bertz CT molecular complexity index is 691. The molecule has 106 valence electrons. The lowest BCUT2D eigenvalue weighted by atomic mass is 9.97. The third-order valence-corrected chi connectivity index (χ3v) is 3.65. The predicted octanol–water partition coefficient (Wildman–Crippen LogP) is 4.57. The first-order chi connectivity index (χ1) is 10.1. The summed E-state index contributed by atoms with van der Waals surface area (Å²) in [5, 5.41) is 0. The topological polar surface area (TPSA) is 3.88 Å². The van der Waals surface area contributed by atoms with Crippen LogP contribution in [0.3, 0.4) is 0 Å². The molecule has 0 amide bonds. The summed E-state index contributed by atoms with van der Waals surface area (Å²) in [6, 6.07) is 16.5. The van der Waals surface area contributed by atoms with Gasteiger partial charge in [0.25, 0.3) is 0 Å². The molecule has 21 heavy (non-hydrogen) atoms. The van der Waals surface area contributed by atoms with Crippen molar-refractivity contribution in [3.8, 4) is 0 Å². The van der Waals surface area contributed by atoms with E-state index in [2.05, 4.69) is 74.7 Å². The smallest absolute Gasteiger partial charge is 0.201 e. The van der Waals surface area contributed by atoms with Crippen LogP contribution in [0.15, 0.2) is 79.0 Å². The molecular formula is C20H22N+. The average molecular weight is 276 g/mol. The lowest BCUT2D eigenvalue weighted by molar-refractivity contribution is -0.673. The maximum atomic E-state index is 4.22. The maximum Gasteiger partial charge on any atom is 0.212 e. The molecule has 2 aromatic rings. The number of allylic oxidation sites excluding steroid dienone is 5. The van der Waals surface area contributed by atoms with Gasteiger partial charge in [0.1, 0.15) is 7.05 Å². The molecule has 0 fully saturated rings. The molecule has 0 saturated carbocycles. The Labute approximate surface area is 127 Å². The van der Waals surface area contributed by atoms with Crippen molar-refractivity contribution in [3.05, 3.63) is 90.3 Å². The van der Waals surface area contributed by atoms with Crippen LogP contribution in [-0.4, -0.2) is 0 Å². The van der Waals surface area contributed by atoms with Gasteiger partial charge < -0.3 is 0 Å². The molecule has 0 saturated heterocycles. The summed E-state index contributed by atoms with van der Waals surface area (Å²) in [6.07, 6.45) is 6.37. The van der Waals surface area contributed by atoms with Crippen LogP contribution in [0.2, 0.25) is 0 Å². The molecule has 1 nitrogen and oxygen atoms in total. The minimum Gasteiger partial charge on any atom is -0.201 e. The van der Waals surface area contributed by atoms with E-state index in [9.17, 15) is 0 Å². The van der Waals surface area contributed by atoms with E-state index >= 15 is 0 Å². The number of hydrogen-bond donors (Lipinski definition) is 0. The predicted molar refractivity (Wildman–Crippen MR) is 90.5 cm³/mol. The number of pyridine rings is 1. The second-order valence-corrected chi connectivity index (χ2v) is 5.12. The molecule has 0 spiro atoms. The SMILES string of the molecule is C=C(/C=C(\C(C)=C/C)c1cccc[n+]1C)c1ccccc1. The second-order valence-electron chi connectivity index (χ2n) is 5.12. The molecule has 0 N–H and O–H groups in total. The molecule has 2 rings (SSSR count). The molecule has 0 bridgehead atoms. The highest BCUT2D eigenvalue weighted by molar-refractivity contribution is 5.87. The molecule has 0 radical (unpaired) electrons. The largest absolute Gasteiger partial charge is 0.212 e. The van der Waals surface area contributed by atoms with Crippen LogP contribution < -0.4 is 4.57 Å². The number of rotatable bonds is 4. The fourth-order valence-electron chi connectivity index (χ4n) is 2.26. The quantitative estimate of drug-likeness (QED) is 0.569. The Balaban J connectivity index is 2.50. The number of benzene rings is 1. The van der Waals surface area contributed by atoms with Crippen LogP contribution in [0.5, 0.6) is 0 Å². The highest BCUT2D eigenvalue weighted by atomic mass is 14.9. The van der Waals surface area contributed by atoms with Crippen molar-refractivity contribution < 1.29 is 4.57 Å². The van der Waals surface area contributed by atoms with E-state index in [4.69, 9.17) is 0 Å². The summed E-state index contributed by atoms with van der Waals surface area (Å²) < 4.78 is 2.14. The molecule has 0 atom stereocenters. The van der Waals surface area contributed by atoms with Crippen LogP contribution in [0, 0.1) is 0 Å². The molecule has 1 heterocycles. The Morgan fingerprint density at radius 2 is 1.71 bits per heavy atom. The van der Waals surface area contributed by atoms with Gasteiger partial charge in [-0.1, -0.05) is 43.0 Å². The first kappa shape index (κ1) is 15.0. The van der Waals surface area contributed by atoms with Crippen LogP contribution in [0.1, 0.15) is 25.1 Å². The lowest BCUT2D eigenvalue weighted by Gasteiger charge is -2.08. The van der Waals surface area contributed by atoms with Crippen molar-refractivity contribution in [1.82, 2.24) is 0 Å². The summed E-state index contributed by atoms with van der Waals surface area (Å²) in [6.45, 7) is 8.43.